The number of rotatable bonds is 5. The molecule has 0 amide bonds. The summed E-state index contributed by atoms with van der Waals surface area (Å²) in [5, 5.41) is 8.58. The van der Waals surface area contributed by atoms with Gasteiger partial charge >= 0.3 is 0 Å². The van der Waals surface area contributed by atoms with Crippen LogP contribution in [0.1, 0.15) is 0 Å². The van der Waals surface area contributed by atoms with Crippen LogP contribution in [0.4, 0.5) is 0 Å². The van der Waals surface area contributed by atoms with Gasteiger partial charge in [0.05, 0.1) is 33.3 Å². The second-order valence-electron chi connectivity index (χ2n) is 14.8. The lowest BCUT2D eigenvalue weighted by atomic mass is 10.0. The van der Waals surface area contributed by atoms with Gasteiger partial charge in [-0.3, -0.25) is 4.57 Å². The molecule has 0 atom stereocenters. The Morgan fingerprint density at radius 2 is 0.965 bits per heavy atom. The molecule has 0 fully saturated rings. The minimum atomic E-state index is 0.891. The maximum Gasteiger partial charge on any atom is 0.138 e. The van der Waals surface area contributed by atoms with Crippen LogP contribution in [0.15, 0.2) is 206 Å². The maximum absolute atomic E-state index is 5.37. The molecular weight excluding hydrogens is 693 g/mol. The van der Waals surface area contributed by atoms with Crippen molar-refractivity contribution in [1.29, 1.82) is 0 Å². The number of pyridine rings is 1. The Kier molecular flexibility index (Phi) is 6.89. The van der Waals surface area contributed by atoms with Crippen LogP contribution in [0.2, 0.25) is 0 Å². The quantitative estimate of drug-likeness (QED) is 0.174. The van der Waals surface area contributed by atoms with Crippen LogP contribution in [0, 0.1) is 0 Å². The van der Waals surface area contributed by atoms with Gasteiger partial charge in [-0.05, 0) is 83.2 Å². The molecule has 12 rings (SSSR count). The Bertz CT molecular complexity index is 3440. The Morgan fingerprint density at radius 3 is 1.74 bits per heavy atom. The van der Waals surface area contributed by atoms with E-state index in [1.54, 1.807) is 0 Å². The summed E-state index contributed by atoms with van der Waals surface area (Å²) in [5.74, 6) is 0.891. The van der Waals surface area contributed by atoms with Gasteiger partial charge in [-0.2, -0.15) is 0 Å². The molecule has 4 heterocycles. The summed E-state index contributed by atoms with van der Waals surface area (Å²) in [7, 11) is 0. The van der Waals surface area contributed by atoms with E-state index >= 15 is 0 Å². The van der Waals surface area contributed by atoms with Crippen molar-refractivity contribution in [2.24, 2.45) is 0 Å². The second-order valence-corrected chi connectivity index (χ2v) is 14.8. The van der Waals surface area contributed by atoms with Gasteiger partial charge < -0.3 is 9.13 Å². The first-order valence-corrected chi connectivity index (χ1v) is 19.5. The molecule has 0 saturated heterocycles. The van der Waals surface area contributed by atoms with Gasteiger partial charge in [0.2, 0.25) is 0 Å². The minimum absolute atomic E-state index is 0.891. The molecule has 266 valence electrons. The number of hydrogen-bond acceptors (Lipinski definition) is 1. The van der Waals surface area contributed by atoms with Crippen LogP contribution in [-0.4, -0.2) is 18.7 Å². The molecule has 4 heteroatoms. The topological polar surface area (TPSA) is 27.7 Å². The van der Waals surface area contributed by atoms with Crippen LogP contribution in [-0.2, 0) is 0 Å². The SMILES string of the molecule is c1ccc(-c2cc(-c3ccccc3)nc(-n3c4ccccc4c4cc(-n5c6ccccc6c6ccc7ccc8c(ccn8-c8ccccc8)c7c65)ccc43)c2)cc1. The number of nitrogens with zero attached hydrogens (tertiary/aromatic N) is 4. The summed E-state index contributed by atoms with van der Waals surface area (Å²) in [5.41, 5.74) is 12.4. The average molecular weight is 727 g/mol. The average Bonchev–Trinajstić information content (AvgIpc) is 3.97. The number of aromatic nitrogens is 4. The highest BCUT2D eigenvalue weighted by atomic mass is 15.1. The van der Waals surface area contributed by atoms with Crippen LogP contribution >= 0.6 is 0 Å². The number of fused-ring (bicyclic) bond motifs is 10. The van der Waals surface area contributed by atoms with Crippen molar-refractivity contribution in [3.63, 3.8) is 0 Å². The summed E-state index contributed by atoms with van der Waals surface area (Å²) in [6.07, 6.45) is 2.20. The molecular formula is C53H34N4. The lowest BCUT2D eigenvalue weighted by Gasteiger charge is -2.14. The minimum Gasteiger partial charge on any atom is -0.317 e. The van der Waals surface area contributed by atoms with Gasteiger partial charge in [-0.25, -0.2) is 4.98 Å². The number of para-hydroxylation sites is 3. The molecule has 8 aromatic carbocycles. The van der Waals surface area contributed by atoms with Crippen LogP contribution in [0.3, 0.4) is 0 Å². The standard InChI is InChI=1S/C53H34N4/c1-4-14-35(15-5-1)38-32-46(36-16-6-2-7-17-36)54-51(33-38)57-49-23-13-11-21-42(49)45-34-40(26-29-50(45)57)56-48-22-12-10-20-41(48)43-27-24-37-25-28-47-44(52(37)53(43)56)30-31-55(47)39-18-8-3-9-19-39/h1-34H. The van der Waals surface area contributed by atoms with Gasteiger partial charge in [0.25, 0.3) is 0 Å². The van der Waals surface area contributed by atoms with Crippen molar-refractivity contribution in [3.05, 3.63) is 206 Å². The van der Waals surface area contributed by atoms with Crippen LogP contribution in [0.5, 0.6) is 0 Å². The summed E-state index contributed by atoms with van der Waals surface area (Å²) >= 11 is 0. The molecule has 0 bridgehead atoms. The molecule has 0 aliphatic rings. The Morgan fingerprint density at radius 1 is 0.351 bits per heavy atom. The van der Waals surface area contributed by atoms with Gasteiger partial charge in [0, 0.05) is 55.5 Å². The van der Waals surface area contributed by atoms with E-state index < -0.39 is 0 Å². The van der Waals surface area contributed by atoms with E-state index in [0.717, 1.165) is 50.6 Å². The van der Waals surface area contributed by atoms with E-state index in [-0.39, 0.29) is 0 Å². The highest BCUT2D eigenvalue weighted by Gasteiger charge is 2.20. The fourth-order valence-electron chi connectivity index (χ4n) is 9.10. The van der Waals surface area contributed by atoms with E-state index in [0.29, 0.717) is 0 Å². The third kappa shape index (κ3) is 4.84. The molecule has 4 nitrogen and oxygen atoms in total. The molecule has 57 heavy (non-hydrogen) atoms. The van der Waals surface area contributed by atoms with Crippen LogP contribution < -0.4 is 0 Å². The smallest absolute Gasteiger partial charge is 0.138 e. The first-order valence-electron chi connectivity index (χ1n) is 19.5. The Balaban J connectivity index is 1.13. The van der Waals surface area contributed by atoms with Crippen molar-refractivity contribution >= 4 is 65.3 Å². The van der Waals surface area contributed by atoms with Crippen molar-refractivity contribution in [3.8, 4) is 39.6 Å². The maximum atomic E-state index is 5.37. The lowest BCUT2D eigenvalue weighted by molar-refractivity contribution is 1.08. The third-order valence-electron chi connectivity index (χ3n) is 11.7. The zero-order valence-electron chi connectivity index (χ0n) is 30.9. The van der Waals surface area contributed by atoms with E-state index in [1.165, 1.54) is 54.3 Å². The zero-order valence-corrected chi connectivity index (χ0v) is 30.9. The van der Waals surface area contributed by atoms with Crippen molar-refractivity contribution in [2.75, 3.05) is 0 Å². The van der Waals surface area contributed by atoms with Gasteiger partial charge in [-0.1, -0.05) is 133 Å². The number of hydrogen-bond donors (Lipinski definition) is 0. The first-order chi connectivity index (χ1) is 28.3. The summed E-state index contributed by atoms with van der Waals surface area (Å²) in [6.45, 7) is 0. The Hall–Kier alpha value is -7.69. The zero-order chi connectivity index (χ0) is 37.5. The van der Waals surface area contributed by atoms with Gasteiger partial charge in [-0.15, -0.1) is 0 Å². The van der Waals surface area contributed by atoms with Gasteiger partial charge in [0.15, 0.2) is 0 Å². The monoisotopic (exact) mass is 726 g/mol. The molecule has 0 aliphatic heterocycles. The number of benzene rings is 8. The summed E-state index contributed by atoms with van der Waals surface area (Å²) in [6, 6.07) is 72.1. The largest absolute Gasteiger partial charge is 0.317 e. The predicted octanol–water partition coefficient (Wildman–Crippen LogP) is 13.7. The molecule has 0 radical (unpaired) electrons. The van der Waals surface area contributed by atoms with Crippen LogP contribution in [0.25, 0.3) is 105 Å². The third-order valence-corrected chi connectivity index (χ3v) is 11.7. The normalized spacial score (nSPS) is 11.9. The van der Waals surface area contributed by atoms with E-state index in [2.05, 4.69) is 220 Å². The molecule has 0 unspecified atom stereocenters. The van der Waals surface area contributed by atoms with E-state index in [9.17, 15) is 0 Å². The summed E-state index contributed by atoms with van der Waals surface area (Å²) in [4.78, 5) is 5.37. The molecule has 0 saturated carbocycles. The highest BCUT2D eigenvalue weighted by molar-refractivity contribution is 6.25. The lowest BCUT2D eigenvalue weighted by Crippen LogP contribution is -2.00. The first kappa shape index (κ1) is 31.6. The molecule has 0 spiro atoms. The van der Waals surface area contributed by atoms with E-state index in [4.69, 9.17) is 4.98 Å². The van der Waals surface area contributed by atoms with Crippen molar-refractivity contribution in [2.45, 2.75) is 0 Å². The molecule has 4 aromatic heterocycles. The fourth-order valence-corrected chi connectivity index (χ4v) is 9.10. The Labute approximate surface area is 328 Å². The molecule has 0 aliphatic carbocycles. The summed E-state index contributed by atoms with van der Waals surface area (Å²) < 4.78 is 7.12. The second kappa shape index (κ2) is 12.4. The van der Waals surface area contributed by atoms with Crippen molar-refractivity contribution < 1.29 is 0 Å². The van der Waals surface area contributed by atoms with Crippen molar-refractivity contribution in [1.82, 2.24) is 18.7 Å². The fraction of sp³-hybridized carbons (Fsp3) is 0. The van der Waals surface area contributed by atoms with E-state index in [1.807, 2.05) is 0 Å². The van der Waals surface area contributed by atoms with Gasteiger partial charge in [0.1, 0.15) is 5.82 Å². The predicted molar refractivity (Wildman–Crippen MR) is 238 cm³/mol. The molecule has 0 N–H and O–H groups in total. The molecule has 12 aromatic rings. The highest BCUT2D eigenvalue weighted by Crippen LogP contribution is 2.42.